The number of rotatable bonds is 5. The van der Waals surface area contributed by atoms with Gasteiger partial charge in [-0.3, -0.25) is 0 Å². The molecule has 1 N–H and O–H groups in total. The summed E-state index contributed by atoms with van der Waals surface area (Å²) < 4.78 is 1.16. The third-order valence-corrected chi connectivity index (χ3v) is 5.33. The van der Waals surface area contributed by atoms with Gasteiger partial charge >= 0.3 is 0 Å². The van der Waals surface area contributed by atoms with Crippen molar-refractivity contribution in [2.45, 2.75) is 26.3 Å². The van der Waals surface area contributed by atoms with E-state index in [0.29, 0.717) is 0 Å². The fourth-order valence-corrected chi connectivity index (χ4v) is 3.84. The van der Waals surface area contributed by atoms with Crippen LogP contribution in [0.3, 0.4) is 0 Å². The van der Waals surface area contributed by atoms with E-state index in [4.69, 9.17) is 11.6 Å². The van der Waals surface area contributed by atoms with Gasteiger partial charge in [0.1, 0.15) is 0 Å². The molecule has 1 nitrogen and oxygen atoms in total. The summed E-state index contributed by atoms with van der Waals surface area (Å²) in [4.78, 5) is 0. The lowest BCUT2D eigenvalue weighted by Crippen LogP contribution is -2.23. The van der Waals surface area contributed by atoms with E-state index in [1.165, 1.54) is 11.1 Å². The summed E-state index contributed by atoms with van der Waals surface area (Å²) in [6, 6.07) is 6.31. The fraction of sp³-hybridized carbons (Fsp3) is 0.333. The Morgan fingerprint density at radius 2 is 2.11 bits per heavy atom. The molecule has 0 aliphatic carbocycles. The predicted molar refractivity (Wildman–Crippen MR) is 88.3 cm³/mol. The molecule has 4 heteroatoms. The van der Waals surface area contributed by atoms with Gasteiger partial charge in [-0.05, 0) is 64.0 Å². The second kappa shape index (κ2) is 6.89. The molecule has 1 unspecified atom stereocenters. The van der Waals surface area contributed by atoms with Crippen molar-refractivity contribution in [1.29, 1.82) is 0 Å². The maximum atomic E-state index is 6.26. The van der Waals surface area contributed by atoms with Crippen LogP contribution in [0.25, 0.3) is 0 Å². The molecule has 0 amide bonds. The Bertz CT molecular complexity index is 553. The third kappa shape index (κ3) is 3.40. The van der Waals surface area contributed by atoms with Crippen LogP contribution in [0.2, 0.25) is 5.02 Å². The van der Waals surface area contributed by atoms with Gasteiger partial charge in [-0.1, -0.05) is 30.7 Å². The van der Waals surface area contributed by atoms with Crippen molar-refractivity contribution in [1.82, 2.24) is 5.32 Å². The summed E-state index contributed by atoms with van der Waals surface area (Å²) in [5.74, 6) is 0. The van der Waals surface area contributed by atoms with Crippen LogP contribution < -0.4 is 5.32 Å². The smallest absolute Gasteiger partial charge is 0.0599 e. The SMILES string of the molecule is CCCNC(c1cscc1Br)c1cccc(Cl)c1C. The first-order valence-electron chi connectivity index (χ1n) is 6.35. The van der Waals surface area contributed by atoms with Crippen LogP contribution >= 0.6 is 38.9 Å². The largest absolute Gasteiger partial charge is 0.306 e. The molecule has 1 atom stereocenters. The summed E-state index contributed by atoms with van der Waals surface area (Å²) >= 11 is 11.6. The number of thiophene rings is 1. The molecule has 0 spiro atoms. The van der Waals surface area contributed by atoms with Crippen LogP contribution in [0.4, 0.5) is 0 Å². The lowest BCUT2D eigenvalue weighted by molar-refractivity contribution is 0.596. The molecule has 19 heavy (non-hydrogen) atoms. The molecular weight excluding hydrogens is 342 g/mol. The highest BCUT2D eigenvalue weighted by Crippen LogP contribution is 2.34. The number of halogens is 2. The van der Waals surface area contributed by atoms with Crippen molar-refractivity contribution >= 4 is 38.9 Å². The monoisotopic (exact) mass is 357 g/mol. The van der Waals surface area contributed by atoms with E-state index in [1.807, 2.05) is 12.1 Å². The molecule has 102 valence electrons. The van der Waals surface area contributed by atoms with E-state index >= 15 is 0 Å². The van der Waals surface area contributed by atoms with Gasteiger partial charge in [0, 0.05) is 14.9 Å². The van der Waals surface area contributed by atoms with Gasteiger partial charge in [-0.15, -0.1) is 0 Å². The summed E-state index contributed by atoms with van der Waals surface area (Å²) in [6.07, 6.45) is 1.11. The van der Waals surface area contributed by atoms with E-state index in [1.54, 1.807) is 11.3 Å². The quantitative estimate of drug-likeness (QED) is 0.737. The topological polar surface area (TPSA) is 12.0 Å². The molecule has 2 aromatic rings. The van der Waals surface area contributed by atoms with Crippen LogP contribution in [0.15, 0.2) is 33.4 Å². The normalized spacial score (nSPS) is 12.6. The predicted octanol–water partition coefficient (Wildman–Crippen LogP) is 5.56. The second-order valence-electron chi connectivity index (χ2n) is 4.52. The van der Waals surface area contributed by atoms with Crippen molar-refractivity contribution in [2.75, 3.05) is 6.54 Å². The molecule has 1 heterocycles. The maximum Gasteiger partial charge on any atom is 0.0599 e. The Labute approximate surface area is 132 Å². The van der Waals surface area contributed by atoms with Gasteiger partial charge in [0.25, 0.3) is 0 Å². The van der Waals surface area contributed by atoms with Gasteiger partial charge in [0.15, 0.2) is 0 Å². The third-order valence-electron chi connectivity index (χ3n) is 3.17. The molecule has 0 fully saturated rings. The molecule has 0 saturated carbocycles. The molecule has 1 aromatic carbocycles. The highest BCUT2D eigenvalue weighted by molar-refractivity contribution is 9.10. The van der Waals surface area contributed by atoms with Gasteiger partial charge in [0.2, 0.25) is 0 Å². The highest BCUT2D eigenvalue weighted by Gasteiger charge is 2.19. The molecular formula is C15H17BrClNS. The first-order chi connectivity index (χ1) is 9.15. The zero-order valence-corrected chi connectivity index (χ0v) is 14.2. The van der Waals surface area contributed by atoms with Crippen LogP contribution in [0.1, 0.15) is 36.1 Å². The number of hydrogen-bond donors (Lipinski definition) is 1. The standard InChI is InChI=1S/C15H17BrClNS/c1-3-7-18-15(12-8-19-9-13(12)16)11-5-4-6-14(17)10(11)2/h4-6,8-9,15,18H,3,7H2,1-2H3. The highest BCUT2D eigenvalue weighted by atomic mass is 79.9. The van der Waals surface area contributed by atoms with Crippen LogP contribution in [-0.2, 0) is 0 Å². The molecule has 0 aliphatic rings. The summed E-state index contributed by atoms with van der Waals surface area (Å²) in [7, 11) is 0. The summed E-state index contributed by atoms with van der Waals surface area (Å²) in [5.41, 5.74) is 3.68. The van der Waals surface area contributed by atoms with Gasteiger partial charge in [-0.2, -0.15) is 11.3 Å². The van der Waals surface area contributed by atoms with Crippen molar-refractivity contribution in [3.63, 3.8) is 0 Å². The van der Waals surface area contributed by atoms with Crippen molar-refractivity contribution in [3.05, 3.63) is 55.1 Å². The van der Waals surface area contributed by atoms with E-state index in [2.05, 4.69) is 51.9 Å². The number of hydrogen-bond acceptors (Lipinski definition) is 2. The van der Waals surface area contributed by atoms with Crippen molar-refractivity contribution < 1.29 is 0 Å². The Morgan fingerprint density at radius 1 is 1.32 bits per heavy atom. The van der Waals surface area contributed by atoms with Gasteiger partial charge in [0.05, 0.1) is 6.04 Å². The fourth-order valence-electron chi connectivity index (χ4n) is 2.11. The molecule has 1 aromatic heterocycles. The minimum Gasteiger partial charge on any atom is -0.306 e. The Hall–Kier alpha value is -0.350. The average Bonchev–Trinajstić information content (AvgIpc) is 2.81. The number of nitrogens with one attached hydrogen (secondary N) is 1. The van der Waals surface area contributed by atoms with Crippen molar-refractivity contribution in [2.24, 2.45) is 0 Å². The van der Waals surface area contributed by atoms with E-state index < -0.39 is 0 Å². The molecule has 0 saturated heterocycles. The number of benzene rings is 1. The zero-order chi connectivity index (χ0) is 13.8. The first-order valence-corrected chi connectivity index (χ1v) is 8.46. The van der Waals surface area contributed by atoms with Gasteiger partial charge < -0.3 is 5.32 Å². The Kier molecular flexibility index (Phi) is 5.46. The van der Waals surface area contributed by atoms with Crippen LogP contribution in [0.5, 0.6) is 0 Å². The molecule has 0 aliphatic heterocycles. The Balaban J connectivity index is 2.43. The van der Waals surface area contributed by atoms with Crippen molar-refractivity contribution in [3.8, 4) is 0 Å². The summed E-state index contributed by atoms with van der Waals surface area (Å²) in [6.45, 7) is 5.25. The minimum atomic E-state index is 0.194. The van der Waals surface area contributed by atoms with E-state index in [-0.39, 0.29) is 6.04 Å². The minimum absolute atomic E-state index is 0.194. The van der Waals surface area contributed by atoms with Gasteiger partial charge in [-0.25, -0.2) is 0 Å². The molecule has 2 rings (SSSR count). The Morgan fingerprint density at radius 3 is 2.74 bits per heavy atom. The second-order valence-corrected chi connectivity index (χ2v) is 6.52. The van der Waals surface area contributed by atoms with Crippen LogP contribution in [0, 0.1) is 6.92 Å². The lowest BCUT2D eigenvalue weighted by atomic mass is 9.96. The average molecular weight is 359 g/mol. The maximum absolute atomic E-state index is 6.26. The summed E-state index contributed by atoms with van der Waals surface area (Å²) in [5, 5.41) is 8.75. The first kappa shape index (κ1) is 15.0. The lowest BCUT2D eigenvalue weighted by Gasteiger charge is -2.21. The van der Waals surface area contributed by atoms with E-state index in [9.17, 15) is 0 Å². The van der Waals surface area contributed by atoms with Crippen LogP contribution in [-0.4, -0.2) is 6.54 Å². The zero-order valence-electron chi connectivity index (χ0n) is 11.0. The van der Waals surface area contributed by atoms with E-state index in [0.717, 1.165) is 28.0 Å². The molecule has 0 radical (unpaired) electrons. The molecule has 0 bridgehead atoms.